The molecule has 0 aliphatic carbocycles. The van der Waals surface area contributed by atoms with E-state index in [4.69, 9.17) is 5.11 Å². The molecule has 102 valence electrons. The Hall–Kier alpha value is -2.18. The summed E-state index contributed by atoms with van der Waals surface area (Å²) in [7, 11) is 1.89. The molecule has 0 amide bonds. The van der Waals surface area contributed by atoms with Gasteiger partial charge in [-0.15, -0.1) is 5.10 Å². The first kappa shape index (κ1) is 13.3. The third kappa shape index (κ3) is 2.81. The number of carboxylic acid groups (broad SMARTS) is 1. The van der Waals surface area contributed by atoms with E-state index in [9.17, 15) is 4.79 Å². The van der Waals surface area contributed by atoms with Crippen LogP contribution in [0.1, 0.15) is 35.9 Å². The van der Waals surface area contributed by atoms with Gasteiger partial charge in [-0.05, 0) is 12.3 Å². The van der Waals surface area contributed by atoms with Crippen molar-refractivity contribution in [1.82, 2.24) is 24.5 Å². The molecule has 0 aromatic carbocycles. The van der Waals surface area contributed by atoms with Crippen molar-refractivity contribution < 1.29 is 9.90 Å². The molecule has 0 fully saturated rings. The van der Waals surface area contributed by atoms with E-state index in [-0.39, 0.29) is 5.69 Å². The molecule has 0 aliphatic heterocycles. The highest BCUT2D eigenvalue weighted by atomic mass is 16.4. The Morgan fingerprint density at radius 2 is 2.21 bits per heavy atom. The van der Waals surface area contributed by atoms with Crippen molar-refractivity contribution >= 4 is 5.97 Å². The molecule has 2 aromatic heterocycles. The minimum Gasteiger partial charge on any atom is -0.476 e. The third-order valence-corrected chi connectivity index (χ3v) is 2.85. The van der Waals surface area contributed by atoms with Crippen LogP contribution in [0.2, 0.25) is 0 Å². The molecule has 2 aromatic rings. The van der Waals surface area contributed by atoms with Gasteiger partial charge in [0, 0.05) is 19.4 Å². The number of aryl methyl sites for hydroxylation is 1. The molecule has 0 saturated carbocycles. The number of carboxylic acids is 1. The minimum atomic E-state index is -1.04. The summed E-state index contributed by atoms with van der Waals surface area (Å²) < 4.78 is 3.49. The second kappa shape index (κ2) is 5.21. The van der Waals surface area contributed by atoms with Crippen molar-refractivity contribution in [3.63, 3.8) is 0 Å². The van der Waals surface area contributed by atoms with Crippen LogP contribution in [0, 0.1) is 5.92 Å². The highest BCUT2D eigenvalue weighted by molar-refractivity contribution is 5.86. The highest BCUT2D eigenvalue weighted by Gasteiger charge is 2.20. The van der Waals surface area contributed by atoms with E-state index >= 15 is 0 Å². The number of carbonyl (C=O) groups is 1. The number of hydrogen-bond acceptors (Lipinski definition) is 4. The Morgan fingerprint density at radius 3 is 2.74 bits per heavy atom. The minimum absolute atomic E-state index is 0.0305. The van der Waals surface area contributed by atoms with Crippen LogP contribution in [0.15, 0.2) is 12.4 Å². The first-order valence-electron chi connectivity index (χ1n) is 6.11. The topological polar surface area (TPSA) is 85.8 Å². The van der Waals surface area contributed by atoms with Gasteiger partial charge in [-0.2, -0.15) is 0 Å². The summed E-state index contributed by atoms with van der Waals surface area (Å²) in [4.78, 5) is 15.4. The second-order valence-corrected chi connectivity index (χ2v) is 4.90. The van der Waals surface area contributed by atoms with E-state index < -0.39 is 5.97 Å². The zero-order valence-electron chi connectivity index (χ0n) is 11.2. The summed E-state index contributed by atoms with van der Waals surface area (Å²) in [5.74, 6) is 0.102. The van der Waals surface area contributed by atoms with Crippen LogP contribution < -0.4 is 0 Å². The van der Waals surface area contributed by atoms with E-state index in [1.165, 1.54) is 0 Å². The average Bonchev–Trinajstić information content (AvgIpc) is 2.87. The van der Waals surface area contributed by atoms with E-state index in [1.807, 2.05) is 31.7 Å². The van der Waals surface area contributed by atoms with Gasteiger partial charge in [0.25, 0.3) is 0 Å². The first-order valence-corrected chi connectivity index (χ1v) is 6.11. The summed E-state index contributed by atoms with van der Waals surface area (Å²) >= 11 is 0. The molecule has 1 N–H and O–H groups in total. The van der Waals surface area contributed by atoms with E-state index in [1.54, 1.807) is 10.9 Å². The molecule has 0 aliphatic rings. The lowest BCUT2D eigenvalue weighted by Crippen LogP contribution is -2.14. The van der Waals surface area contributed by atoms with Crippen molar-refractivity contribution in [2.45, 2.75) is 26.8 Å². The van der Waals surface area contributed by atoms with Crippen LogP contribution >= 0.6 is 0 Å². The molecular weight excluding hydrogens is 246 g/mol. The number of rotatable bonds is 5. The fraction of sp³-hybridized carbons (Fsp3) is 0.500. The highest BCUT2D eigenvalue weighted by Crippen LogP contribution is 2.13. The number of nitrogens with zero attached hydrogens (tertiary/aromatic N) is 5. The normalized spacial score (nSPS) is 11.2. The predicted molar refractivity (Wildman–Crippen MR) is 67.8 cm³/mol. The maximum atomic E-state index is 11.1. The molecule has 0 saturated heterocycles. The molecule has 7 nitrogen and oxygen atoms in total. The lowest BCUT2D eigenvalue weighted by Gasteiger charge is -2.09. The summed E-state index contributed by atoms with van der Waals surface area (Å²) in [5.41, 5.74) is 0.674. The van der Waals surface area contributed by atoms with Crippen molar-refractivity contribution in [2.24, 2.45) is 13.0 Å². The molecule has 0 spiro atoms. The Bertz CT molecular complexity index is 585. The van der Waals surface area contributed by atoms with E-state index in [0.29, 0.717) is 24.6 Å². The van der Waals surface area contributed by atoms with E-state index in [2.05, 4.69) is 15.3 Å². The largest absolute Gasteiger partial charge is 0.476 e. The molecule has 0 radical (unpaired) electrons. The van der Waals surface area contributed by atoms with Gasteiger partial charge in [0.2, 0.25) is 0 Å². The van der Waals surface area contributed by atoms with Gasteiger partial charge >= 0.3 is 5.97 Å². The SMILES string of the molecule is CC(C)Cc1c(C(=O)O)nnn1Cc1nccn1C. The summed E-state index contributed by atoms with van der Waals surface area (Å²) in [6.45, 7) is 4.49. The fourth-order valence-corrected chi connectivity index (χ4v) is 1.90. The van der Waals surface area contributed by atoms with Gasteiger partial charge in [-0.3, -0.25) is 0 Å². The van der Waals surface area contributed by atoms with Crippen molar-refractivity contribution in [3.05, 3.63) is 29.6 Å². The van der Waals surface area contributed by atoms with Crippen LogP contribution in [0.25, 0.3) is 0 Å². The Labute approximate surface area is 110 Å². The Balaban J connectivity index is 2.34. The molecule has 2 rings (SSSR count). The summed E-state index contributed by atoms with van der Waals surface area (Å²) in [6.07, 6.45) is 4.16. The zero-order chi connectivity index (χ0) is 14.0. The smallest absolute Gasteiger partial charge is 0.358 e. The van der Waals surface area contributed by atoms with E-state index in [0.717, 1.165) is 5.82 Å². The van der Waals surface area contributed by atoms with Gasteiger partial charge in [0.15, 0.2) is 5.69 Å². The Morgan fingerprint density at radius 1 is 1.47 bits per heavy atom. The maximum Gasteiger partial charge on any atom is 0.358 e. The summed E-state index contributed by atoms with van der Waals surface area (Å²) in [5, 5.41) is 16.8. The predicted octanol–water partition coefficient (Wildman–Crippen LogP) is 0.957. The zero-order valence-corrected chi connectivity index (χ0v) is 11.2. The fourth-order valence-electron chi connectivity index (χ4n) is 1.90. The van der Waals surface area contributed by atoms with Crippen LogP contribution in [0.5, 0.6) is 0 Å². The second-order valence-electron chi connectivity index (χ2n) is 4.90. The standard InChI is InChI=1S/C12H17N5O2/c1-8(2)6-9-11(12(18)19)14-15-17(9)7-10-13-4-5-16(10)3/h4-5,8H,6-7H2,1-3H3,(H,18,19). The molecule has 2 heterocycles. The van der Waals surface area contributed by atoms with Gasteiger partial charge in [-0.1, -0.05) is 19.1 Å². The van der Waals surface area contributed by atoms with Crippen molar-refractivity contribution in [1.29, 1.82) is 0 Å². The Kier molecular flexibility index (Phi) is 3.64. The van der Waals surface area contributed by atoms with Crippen molar-refractivity contribution in [3.8, 4) is 0 Å². The quantitative estimate of drug-likeness (QED) is 0.868. The lowest BCUT2D eigenvalue weighted by atomic mass is 10.1. The van der Waals surface area contributed by atoms with Crippen LogP contribution in [0.4, 0.5) is 0 Å². The number of aromatic nitrogens is 5. The van der Waals surface area contributed by atoms with Crippen molar-refractivity contribution in [2.75, 3.05) is 0 Å². The lowest BCUT2D eigenvalue weighted by molar-refractivity contribution is 0.0689. The molecular formula is C12H17N5O2. The van der Waals surface area contributed by atoms with Crippen LogP contribution in [0.3, 0.4) is 0 Å². The molecule has 0 atom stereocenters. The van der Waals surface area contributed by atoms with Gasteiger partial charge in [0.1, 0.15) is 12.4 Å². The molecule has 19 heavy (non-hydrogen) atoms. The number of hydrogen-bond donors (Lipinski definition) is 1. The molecule has 0 bridgehead atoms. The molecule has 7 heteroatoms. The first-order chi connectivity index (χ1) is 8.99. The number of aromatic carboxylic acids is 1. The monoisotopic (exact) mass is 263 g/mol. The van der Waals surface area contributed by atoms with Crippen LogP contribution in [-0.4, -0.2) is 35.6 Å². The average molecular weight is 263 g/mol. The molecule has 0 unspecified atom stereocenters. The summed E-state index contributed by atoms with van der Waals surface area (Å²) in [6, 6.07) is 0. The maximum absolute atomic E-state index is 11.1. The number of imidazole rings is 1. The van der Waals surface area contributed by atoms with Gasteiger partial charge in [-0.25, -0.2) is 14.5 Å². The third-order valence-electron chi connectivity index (χ3n) is 2.85. The van der Waals surface area contributed by atoms with Crippen LogP contribution in [-0.2, 0) is 20.0 Å². The van der Waals surface area contributed by atoms with Gasteiger partial charge in [0.05, 0.1) is 5.69 Å². The van der Waals surface area contributed by atoms with Gasteiger partial charge < -0.3 is 9.67 Å².